The van der Waals surface area contributed by atoms with Gasteiger partial charge >= 0.3 is 0 Å². The topological polar surface area (TPSA) is 45.5 Å². The van der Waals surface area contributed by atoms with E-state index in [1.54, 1.807) is 0 Å². The van der Waals surface area contributed by atoms with Gasteiger partial charge in [0.15, 0.2) is 0 Å². The number of hydrogen-bond acceptors (Lipinski definition) is 3. The Morgan fingerprint density at radius 3 is 2.65 bits per heavy atom. The van der Waals surface area contributed by atoms with Gasteiger partial charge in [-0.25, -0.2) is 0 Å². The summed E-state index contributed by atoms with van der Waals surface area (Å²) in [4.78, 5) is 14.8. The van der Waals surface area contributed by atoms with Gasteiger partial charge in [-0.3, -0.25) is 9.69 Å². The molecule has 1 unspecified atom stereocenters. The van der Waals surface area contributed by atoms with Crippen LogP contribution in [0, 0.1) is 13.8 Å². The Morgan fingerprint density at radius 1 is 1.22 bits per heavy atom. The van der Waals surface area contributed by atoms with Gasteiger partial charge in [-0.15, -0.1) is 0 Å². The first-order valence-corrected chi connectivity index (χ1v) is 8.29. The number of hydrogen-bond donors (Lipinski definition) is 1. The van der Waals surface area contributed by atoms with E-state index in [1.165, 1.54) is 12.8 Å². The molecular formula is C19H24N2O2. The molecule has 1 atom stereocenters. The molecule has 0 saturated carbocycles. The maximum atomic E-state index is 12.4. The Balaban J connectivity index is 1.70. The lowest BCUT2D eigenvalue weighted by molar-refractivity contribution is 0.0933. The van der Waals surface area contributed by atoms with Gasteiger partial charge in [0, 0.05) is 12.1 Å². The average Bonchev–Trinajstić information content (AvgIpc) is 3.20. The summed E-state index contributed by atoms with van der Waals surface area (Å²) < 4.78 is 5.82. The molecular weight excluding hydrogens is 288 g/mol. The monoisotopic (exact) mass is 312 g/mol. The van der Waals surface area contributed by atoms with Crippen LogP contribution in [0.1, 0.15) is 46.3 Å². The lowest BCUT2D eigenvalue weighted by Crippen LogP contribution is -2.36. The van der Waals surface area contributed by atoms with E-state index in [0.29, 0.717) is 12.1 Å². The number of likely N-dealkylation sites (tertiary alicyclic amines) is 1. The van der Waals surface area contributed by atoms with Crippen LogP contribution >= 0.6 is 0 Å². The second-order valence-electron chi connectivity index (χ2n) is 6.29. The van der Waals surface area contributed by atoms with Crippen LogP contribution in [-0.2, 0) is 0 Å². The Labute approximate surface area is 137 Å². The third-order valence-corrected chi connectivity index (χ3v) is 4.41. The lowest BCUT2D eigenvalue weighted by atomic mass is 10.1. The number of rotatable bonds is 5. The molecule has 1 aliphatic rings. The first-order valence-electron chi connectivity index (χ1n) is 8.29. The van der Waals surface area contributed by atoms with Gasteiger partial charge in [0.25, 0.3) is 5.91 Å². The number of nitrogens with zero attached hydrogens (tertiary/aromatic N) is 1. The number of nitrogens with one attached hydrogen (secondary N) is 1. The van der Waals surface area contributed by atoms with Crippen LogP contribution in [0.25, 0.3) is 0 Å². The number of furan rings is 1. The molecule has 1 aromatic heterocycles. The summed E-state index contributed by atoms with van der Waals surface area (Å²) in [5.74, 6) is 1.82. The van der Waals surface area contributed by atoms with Crippen LogP contribution in [0.15, 0.2) is 40.8 Å². The van der Waals surface area contributed by atoms with E-state index in [0.717, 1.165) is 30.2 Å². The minimum absolute atomic E-state index is 0.0267. The average molecular weight is 312 g/mol. The Bertz CT molecular complexity index is 672. The van der Waals surface area contributed by atoms with E-state index in [1.807, 2.05) is 50.2 Å². The van der Waals surface area contributed by atoms with Gasteiger partial charge in [-0.05, 0) is 64.0 Å². The van der Waals surface area contributed by atoms with E-state index in [-0.39, 0.29) is 11.9 Å². The van der Waals surface area contributed by atoms with E-state index < -0.39 is 0 Å². The highest BCUT2D eigenvalue weighted by Crippen LogP contribution is 2.26. The molecule has 2 heterocycles. The number of carbonyl (C=O) groups is 1. The maximum absolute atomic E-state index is 12.4. The van der Waals surface area contributed by atoms with Gasteiger partial charge in [0.05, 0.1) is 6.04 Å². The quantitative estimate of drug-likeness (QED) is 0.919. The highest BCUT2D eigenvalue weighted by atomic mass is 16.3. The van der Waals surface area contributed by atoms with Crippen molar-refractivity contribution in [1.29, 1.82) is 0 Å². The van der Waals surface area contributed by atoms with Crippen molar-refractivity contribution in [2.75, 3.05) is 19.6 Å². The number of aryl methyl sites for hydroxylation is 2. The summed E-state index contributed by atoms with van der Waals surface area (Å²) in [5.41, 5.74) is 1.80. The largest absolute Gasteiger partial charge is 0.465 e. The highest BCUT2D eigenvalue weighted by molar-refractivity contribution is 5.94. The van der Waals surface area contributed by atoms with Crippen molar-refractivity contribution in [2.24, 2.45) is 0 Å². The smallest absolute Gasteiger partial charge is 0.251 e. The van der Waals surface area contributed by atoms with Gasteiger partial charge in [-0.2, -0.15) is 0 Å². The molecule has 1 aliphatic heterocycles. The van der Waals surface area contributed by atoms with E-state index >= 15 is 0 Å². The summed E-state index contributed by atoms with van der Waals surface area (Å²) in [6.45, 7) is 6.64. The first kappa shape index (κ1) is 15.8. The minimum atomic E-state index is -0.0267. The Morgan fingerprint density at radius 2 is 2.00 bits per heavy atom. The predicted octanol–water partition coefficient (Wildman–Crippen LogP) is 3.46. The van der Waals surface area contributed by atoms with E-state index in [9.17, 15) is 4.79 Å². The van der Waals surface area contributed by atoms with Crippen molar-refractivity contribution < 1.29 is 9.21 Å². The fourth-order valence-electron chi connectivity index (χ4n) is 3.17. The van der Waals surface area contributed by atoms with Gasteiger partial charge in [-0.1, -0.05) is 17.7 Å². The fraction of sp³-hybridized carbons (Fsp3) is 0.421. The van der Waals surface area contributed by atoms with Crippen LogP contribution in [0.3, 0.4) is 0 Å². The van der Waals surface area contributed by atoms with Crippen molar-refractivity contribution in [3.05, 3.63) is 59.0 Å². The van der Waals surface area contributed by atoms with Gasteiger partial charge in [0.1, 0.15) is 11.5 Å². The highest BCUT2D eigenvalue weighted by Gasteiger charge is 2.26. The third-order valence-electron chi connectivity index (χ3n) is 4.41. The summed E-state index contributed by atoms with van der Waals surface area (Å²) in [6.07, 6.45) is 2.42. The summed E-state index contributed by atoms with van der Waals surface area (Å²) >= 11 is 0. The molecule has 1 fully saturated rings. The van der Waals surface area contributed by atoms with Gasteiger partial charge < -0.3 is 9.73 Å². The SMILES string of the molecule is Cc1cccc(C(=O)NCC(c2ccc(C)o2)N2CCCC2)c1. The van der Waals surface area contributed by atoms with Crippen LogP contribution in [-0.4, -0.2) is 30.4 Å². The molecule has 0 bridgehead atoms. The van der Waals surface area contributed by atoms with Crippen molar-refractivity contribution in [1.82, 2.24) is 10.2 Å². The summed E-state index contributed by atoms with van der Waals surface area (Å²) in [6, 6.07) is 11.8. The van der Waals surface area contributed by atoms with Crippen molar-refractivity contribution >= 4 is 5.91 Å². The number of carbonyl (C=O) groups excluding carboxylic acids is 1. The normalized spacial score (nSPS) is 16.4. The molecule has 2 aromatic rings. The minimum Gasteiger partial charge on any atom is -0.465 e. The second-order valence-corrected chi connectivity index (χ2v) is 6.29. The van der Waals surface area contributed by atoms with E-state index in [4.69, 9.17) is 4.42 Å². The molecule has 23 heavy (non-hydrogen) atoms. The molecule has 0 spiro atoms. The lowest BCUT2D eigenvalue weighted by Gasteiger charge is -2.26. The molecule has 4 nitrogen and oxygen atoms in total. The van der Waals surface area contributed by atoms with Crippen molar-refractivity contribution in [3.63, 3.8) is 0 Å². The Hall–Kier alpha value is -2.07. The van der Waals surface area contributed by atoms with Crippen molar-refractivity contribution in [3.8, 4) is 0 Å². The zero-order valence-corrected chi connectivity index (χ0v) is 13.8. The molecule has 1 aromatic carbocycles. The second kappa shape index (κ2) is 7.01. The number of amides is 1. The first-order chi connectivity index (χ1) is 11.1. The summed E-state index contributed by atoms with van der Waals surface area (Å²) in [7, 11) is 0. The molecule has 1 amide bonds. The van der Waals surface area contributed by atoms with Crippen LogP contribution in [0.4, 0.5) is 0 Å². The van der Waals surface area contributed by atoms with Gasteiger partial charge in [0.2, 0.25) is 0 Å². The predicted molar refractivity (Wildman–Crippen MR) is 90.5 cm³/mol. The molecule has 1 saturated heterocycles. The molecule has 4 heteroatoms. The van der Waals surface area contributed by atoms with Crippen LogP contribution in [0.2, 0.25) is 0 Å². The molecule has 3 rings (SSSR count). The third kappa shape index (κ3) is 3.82. The van der Waals surface area contributed by atoms with Crippen LogP contribution < -0.4 is 5.32 Å². The molecule has 122 valence electrons. The molecule has 0 radical (unpaired) electrons. The zero-order valence-electron chi connectivity index (χ0n) is 13.8. The zero-order chi connectivity index (χ0) is 16.2. The van der Waals surface area contributed by atoms with Crippen molar-refractivity contribution in [2.45, 2.75) is 32.7 Å². The molecule has 1 N–H and O–H groups in total. The fourth-order valence-corrected chi connectivity index (χ4v) is 3.17. The van der Waals surface area contributed by atoms with E-state index in [2.05, 4.69) is 10.2 Å². The summed E-state index contributed by atoms with van der Waals surface area (Å²) in [5, 5.41) is 3.07. The maximum Gasteiger partial charge on any atom is 0.251 e. The number of benzene rings is 1. The molecule has 0 aliphatic carbocycles. The Kier molecular flexibility index (Phi) is 4.82. The van der Waals surface area contributed by atoms with Crippen LogP contribution in [0.5, 0.6) is 0 Å². The standard InChI is InChI=1S/C19H24N2O2/c1-14-6-5-7-16(12-14)19(22)20-13-17(21-10-3-4-11-21)18-9-8-15(2)23-18/h5-9,12,17H,3-4,10-11,13H2,1-2H3,(H,20,22).